The normalized spacial score (nSPS) is 13.3. The minimum atomic E-state index is -0.780. The quantitative estimate of drug-likeness (QED) is 0.517. The van der Waals surface area contributed by atoms with E-state index in [0.717, 1.165) is 22.1 Å². The van der Waals surface area contributed by atoms with E-state index in [0.29, 0.717) is 13.2 Å². The molecule has 0 radical (unpaired) electrons. The molecule has 4 heteroatoms. The lowest BCUT2D eigenvalue weighted by atomic mass is 9.98. The third-order valence-corrected chi connectivity index (χ3v) is 4.29. The lowest BCUT2D eigenvalue weighted by molar-refractivity contribution is -0.239. The van der Waals surface area contributed by atoms with Crippen molar-refractivity contribution < 1.29 is 14.2 Å². The van der Waals surface area contributed by atoms with Crippen molar-refractivity contribution in [2.45, 2.75) is 31.4 Å². The molecule has 22 heavy (non-hydrogen) atoms. The highest BCUT2D eigenvalue weighted by Crippen LogP contribution is 2.37. The van der Waals surface area contributed by atoms with Crippen molar-refractivity contribution in [2.24, 2.45) is 0 Å². The number of benzene rings is 2. The molecule has 0 fully saturated rings. The van der Waals surface area contributed by atoms with Crippen molar-refractivity contribution in [1.82, 2.24) is 0 Å². The maximum atomic E-state index is 6.02. The summed E-state index contributed by atoms with van der Waals surface area (Å²) in [6.45, 7) is 7.17. The predicted octanol–water partition coefficient (Wildman–Crippen LogP) is 4.86. The Balaban J connectivity index is 2.53. The van der Waals surface area contributed by atoms with Gasteiger partial charge in [-0.15, -0.1) is 0 Å². The Hall–Kier alpha value is -1.10. The van der Waals surface area contributed by atoms with Gasteiger partial charge in [0.15, 0.2) is 0 Å². The molecule has 0 aromatic heterocycles. The van der Waals surface area contributed by atoms with Crippen LogP contribution in [0.4, 0.5) is 0 Å². The van der Waals surface area contributed by atoms with Gasteiger partial charge in [-0.2, -0.15) is 0 Å². The number of alkyl halides is 1. The molecule has 3 nitrogen and oxygen atoms in total. The third kappa shape index (κ3) is 3.29. The molecule has 0 aliphatic heterocycles. The van der Waals surface area contributed by atoms with Gasteiger partial charge in [-0.1, -0.05) is 34.1 Å². The van der Waals surface area contributed by atoms with Crippen LogP contribution >= 0.6 is 15.9 Å². The highest BCUT2D eigenvalue weighted by molar-refractivity contribution is 9.09. The maximum absolute atomic E-state index is 6.02. The van der Waals surface area contributed by atoms with Crippen LogP contribution in [-0.4, -0.2) is 25.2 Å². The zero-order chi connectivity index (χ0) is 16.2. The fourth-order valence-corrected chi connectivity index (χ4v) is 3.19. The first-order valence-electron chi connectivity index (χ1n) is 7.57. The van der Waals surface area contributed by atoms with Crippen molar-refractivity contribution in [3.63, 3.8) is 0 Å². The smallest absolute Gasteiger partial charge is 0.207 e. The Bertz CT molecular complexity index is 619. The molecule has 0 aliphatic rings. The largest absolute Gasteiger partial charge is 0.497 e. The molecular formula is C18H23BrO3. The number of rotatable bonds is 7. The first-order valence-corrected chi connectivity index (χ1v) is 8.49. The lowest BCUT2D eigenvalue weighted by Crippen LogP contribution is -2.40. The summed E-state index contributed by atoms with van der Waals surface area (Å²) in [5.41, 5.74) is 1.01. The van der Waals surface area contributed by atoms with Crippen molar-refractivity contribution in [3.8, 4) is 5.75 Å². The second kappa shape index (κ2) is 7.44. The fraction of sp³-hybridized carbons (Fsp3) is 0.444. The molecule has 0 spiro atoms. The molecule has 0 saturated carbocycles. The van der Waals surface area contributed by atoms with E-state index < -0.39 is 5.79 Å². The Morgan fingerprint density at radius 2 is 1.59 bits per heavy atom. The van der Waals surface area contributed by atoms with Crippen LogP contribution in [0.25, 0.3) is 10.8 Å². The van der Waals surface area contributed by atoms with Crippen LogP contribution in [-0.2, 0) is 15.3 Å². The lowest BCUT2D eigenvalue weighted by Gasteiger charge is -2.36. The van der Waals surface area contributed by atoms with Gasteiger partial charge in [-0.25, -0.2) is 0 Å². The van der Waals surface area contributed by atoms with Crippen molar-refractivity contribution in [2.75, 3.05) is 20.3 Å². The van der Waals surface area contributed by atoms with Gasteiger partial charge in [0, 0.05) is 18.8 Å². The zero-order valence-electron chi connectivity index (χ0n) is 13.6. The number of hydrogen-bond acceptors (Lipinski definition) is 3. The van der Waals surface area contributed by atoms with Crippen molar-refractivity contribution in [1.29, 1.82) is 0 Å². The van der Waals surface area contributed by atoms with E-state index in [2.05, 4.69) is 40.2 Å². The molecule has 0 heterocycles. The SMILES string of the molecule is CCOC(OCC)(c1ccc2cc(OC)ccc2c1)C(C)Br. The molecule has 0 amide bonds. The summed E-state index contributed by atoms with van der Waals surface area (Å²) in [7, 11) is 1.68. The van der Waals surface area contributed by atoms with Crippen molar-refractivity contribution in [3.05, 3.63) is 42.0 Å². The summed E-state index contributed by atoms with van der Waals surface area (Å²) < 4.78 is 17.3. The molecule has 1 atom stereocenters. The molecule has 1 unspecified atom stereocenters. The number of fused-ring (bicyclic) bond motifs is 1. The van der Waals surface area contributed by atoms with Crippen LogP contribution in [0, 0.1) is 0 Å². The Labute approximate surface area is 140 Å². The molecule has 120 valence electrons. The highest BCUT2D eigenvalue weighted by atomic mass is 79.9. The van der Waals surface area contributed by atoms with E-state index >= 15 is 0 Å². The van der Waals surface area contributed by atoms with Gasteiger partial charge < -0.3 is 14.2 Å². The third-order valence-electron chi connectivity index (χ3n) is 3.69. The maximum Gasteiger partial charge on any atom is 0.207 e. The van der Waals surface area contributed by atoms with Gasteiger partial charge in [-0.05, 0) is 49.7 Å². The van der Waals surface area contributed by atoms with Crippen LogP contribution < -0.4 is 4.74 Å². The molecule has 0 saturated heterocycles. The number of hydrogen-bond donors (Lipinski definition) is 0. The summed E-state index contributed by atoms with van der Waals surface area (Å²) >= 11 is 3.65. The van der Waals surface area contributed by atoms with Gasteiger partial charge in [0.1, 0.15) is 5.75 Å². The van der Waals surface area contributed by atoms with Crippen LogP contribution in [0.2, 0.25) is 0 Å². The minimum absolute atomic E-state index is 0.0237. The monoisotopic (exact) mass is 366 g/mol. The van der Waals surface area contributed by atoms with E-state index in [4.69, 9.17) is 14.2 Å². The van der Waals surface area contributed by atoms with Gasteiger partial charge in [0.2, 0.25) is 5.79 Å². The van der Waals surface area contributed by atoms with Gasteiger partial charge in [0.05, 0.1) is 11.9 Å². The van der Waals surface area contributed by atoms with Gasteiger partial charge >= 0.3 is 0 Å². The van der Waals surface area contributed by atoms with Gasteiger partial charge in [0.25, 0.3) is 0 Å². The first-order chi connectivity index (χ1) is 10.6. The van der Waals surface area contributed by atoms with E-state index in [-0.39, 0.29) is 4.83 Å². The van der Waals surface area contributed by atoms with E-state index in [1.54, 1.807) is 7.11 Å². The number of halogens is 1. The molecule has 0 bridgehead atoms. The first kappa shape index (κ1) is 17.3. The van der Waals surface area contributed by atoms with Crippen molar-refractivity contribution >= 4 is 26.7 Å². The standard InChI is InChI=1S/C18H23BrO3/c1-5-21-18(13(3)19,22-6-2)16-9-7-15-12-17(20-4)10-8-14(15)11-16/h7-13H,5-6H2,1-4H3. The minimum Gasteiger partial charge on any atom is -0.497 e. The average molecular weight is 367 g/mol. The highest BCUT2D eigenvalue weighted by Gasteiger charge is 2.38. The number of ether oxygens (including phenoxy) is 3. The topological polar surface area (TPSA) is 27.7 Å². The molecule has 2 aromatic rings. The summed E-state index contributed by atoms with van der Waals surface area (Å²) in [5, 5.41) is 2.27. The van der Waals surface area contributed by atoms with Crippen LogP contribution in [0.5, 0.6) is 5.75 Å². The summed E-state index contributed by atoms with van der Waals surface area (Å²) in [6, 6.07) is 12.3. The van der Waals surface area contributed by atoms with E-state index in [1.165, 1.54) is 0 Å². The van der Waals surface area contributed by atoms with Crippen LogP contribution in [0.3, 0.4) is 0 Å². The van der Waals surface area contributed by atoms with E-state index in [9.17, 15) is 0 Å². The number of methoxy groups -OCH3 is 1. The van der Waals surface area contributed by atoms with Gasteiger partial charge in [-0.3, -0.25) is 0 Å². The van der Waals surface area contributed by atoms with Crippen LogP contribution in [0.15, 0.2) is 36.4 Å². The second-order valence-corrected chi connectivity index (χ2v) is 6.45. The summed E-state index contributed by atoms with van der Waals surface area (Å²) in [6.07, 6.45) is 0. The zero-order valence-corrected chi connectivity index (χ0v) is 15.1. The Morgan fingerprint density at radius 1 is 1.00 bits per heavy atom. The average Bonchev–Trinajstić information content (AvgIpc) is 2.53. The summed E-state index contributed by atoms with van der Waals surface area (Å²) in [5.74, 6) is 0.0763. The Kier molecular flexibility index (Phi) is 5.84. The fourth-order valence-electron chi connectivity index (χ4n) is 2.66. The molecule has 2 aromatic carbocycles. The molecule has 2 rings (SSSR count). The molecular weight excluding hydrogens is 344 g/mol. The van der Waals surface area contributed by atoms with Crippen LogP contribution in [0.1, 0.15) is 26.3 Å². The predicted molar refractivity (Wildman–Crippen MR) is 93.8 cm³/mol. The molecule has 0 aliphatic carbocycles. The molecule has 0 N–H and O–H groups in total. The summed E-state index contributed by atoms with van der Waals surface area (Å²) in [4.78, 5) is 0.0237. The van der Waals surface area contributed by atoms with E-state index in [1.807, 2.05) is 32.9 Å². The second-order valence-electron chi connectivity index (χ2n) is 5.08. The Morgan fingerprint density at radius 3 is 2.14 bits per heavy atom.